The van der Waals surface area contributed by atoms with Gasteiger partial charge >= 0.3 is 0 Å². The summed E-state index contributed by atoms with van der Waals surface area (Å²) in [4.78, 5) is 6.30. The van der Waals surface area contributed by atoms with Gasteiger partial charge in [-0.1, -0.05) is 13.8 Å². The van der Waals surface area contributed by atoms with E-state index in [4.69, 9.17) is 5.53 Å². The Kier molecular flexibility index (Phi) is 3.52. The van der Waals surface area contributed by atoms with E-state index in [1.165, 1.54) is 10.4 Å². The van der Waals surface area contributed by atoms with Gasteiger partial charge in [0, 0.05) is 11.9 Å². The Morgan fingerprint density at radius 2 is 2.14 bits per heavy atom. The molecular formula is C10H15N3S. The predicted octanol–water partition coefficient (Wildman–Crippen LogP) is 3.59. The molecule has 0 aliphatic carbocycles. The van der Waals surface area contributed by atoms with Gasteiger partial charge in [0.25, 0.3) is 0 Å². The van der Waals surface area contributed by atoms with Crippen LogP contribution in [0.2, 0.25) is 0 Å². The molecule has 1 rings (SSSR count). The molecule has 0 radical (unpaired) electrons. The van der Waals surface area contributed by atoms with E-state index in [1.54, 1.807) is 18.4 Å². The molecule has 1 aromatic heterocycles. The Morgan fingerprint density at radius 1 is 1.50 bits per heavy atom. The Balaban J connectivity index is 3.14. The summed E-state index contributed by atoms with van der Waals surface area (Å²) in [5.41, 5.74) is 8.25. The molecule has 3 nitrogen and oxygen atoms in total. The number of nitrogens with one attached hydrogen (secondary N) is 1. The highest BCUT2D eigenvalue weighted by Crippen LogP contribution is 2.29. The van der Waals surface area contributed by atoms with Gasteiger partial charge in [-0.2, -0.15) is 0 Å². The van der Waals surface area contributed by atoms with Gasteiger partial charge in [-0.25, -0.2) is 5.53 Å². The average Bonchev–Trinajstić information content (AvgIpc) is 2.50. The summed E-state index contributed by atoms with van der Waals surface area (Å²) in [6, 6.07) is 2.06. The first-order valence-electron chi connectivity index (χ1n) is 4.55. The molecule has 0 aromatic carbocycles. The highest BCUT2D eigenvalue weighted by Gasteiger charge is 2.11. The summed E-state index contributed by atoms with van der Waals surface area (Å²) in [7, 11) is 1.66. The zero-order chi connectivity index (χ0) is 10.7. The standard InChI is InChI=1S/C10H15N3S/c1-6(2)9-7(3)5-8(14-9)10(12-4)13-11/h5-6,11H,1-4H3. The summed E-state index contributed by atoms with van der Waals surface area (Å²) in [6.07, 6.45) is 0. The second kappa shape index (κ2) is 4.46. The molecular weight excluding hydrogens is 194 g/mol. The monoisotopic (exact) mass is 209 g/mol. The van der Waals surface area contributed by atoms with Crippen LogP contribution >= 0.6 is 11.3 Å². The Morgan fingerprint density at radius 3 is 2.50 bits per heavy atom. The molecule has 76 valence electrons. The number of thiophene rings is 1. The van der Waals surface area contributed by atoms with Gasteiger partial charge in [0.05, 0.1) is 4.88 Å². The van der Waals surface area contributed by atoms with E-state index in [2.05, 4.69) is 36.9 Å². The minimum Gasteiger partial charge on any atom is -0.267 e. The zero-order valence-electron chi connectivity index (χ0n) is 8.96. The molecule has 0 unspecified atom stereocenters. The second-order valence-electron chi connectivity index (χ2n) is 3.47. The van der Waals surface area contributed by atoms with Crippen LogP contribution in [0.5, 0.6) is 0 Å². The Labute approximate surface area is 88.4 Å². The van der Waals surface area contributed by atoms with Gasteiger partial charge in [-0.3, -0.25) is 4.99 Å². The van der Waals surface area contributed by atoms with Crippen LogP contribution in [0.1, 0.15) is 35.1 Å². The van der Waals surface area contributed by atoms with Crippen LogP contribution in [0.25, 0.3) is 0 Å². The largest absolute Gasteiger partial charge is 0.267 e. The molecule has 4 heteroatoms. The van der Waals surface area contributed by atoms with Crippen molar-refractivity contribution in [3.8, 4) is 0 Å². The van der Waals surface area contributed by atoms with E-state index in [-0.39, 0.29) is 0 Å². The van der Waals surface area contributed by atoms with Crippen molar-refractivity contribution in [3.05, 3.63) is 21.4 Å². The van der Waals surface area contributed by atoms with E-state index in [9.17, 15) is 0 Å². The van der Waals surface area contributed by atoms with Gasteiger partial charge in [0.2, 0.25) is 0 Å². The van der Waals surface area contributed by atoms with Crippen LogP contribution in [0.4, 0.5) is 0 Å². The zero-order valence-corrected chi connectivity index (χ0v) is 9.77. The molecule has 0 saturated carbocycles. The van der Waals surface area contributed by atoms with Gasteiger partial charge in [0.15, 0.2) is 5.84 Å². The molecule has 1 heterocycles. The fourth-order valence-electron chi connectivity index (χ4n) is 1.39. The summed E-state index contributed by atoms with van der Waals surface area (Å²) in [5, 5.41) is 3.40. The number of hydrogen-bond donors (Lipinski definition) is 1. The summed E-state index contributed by atoms with van der Waals surface area (Å²) >= 11 is 1.68. The molecule has 14 heavy (non-hydrogen) atoms. The van der Waals surface area contributed by atoms with Gasteiger partial charge in [-0.05, 0) is 24.5 Å². The van der Waals surface area contributed by atoms with Gasteiger partial charge in [0.1, 0.15) is 0 Å². The van der Waals surface area contributed by atoms with E-state index in [0.29, 0.717) is 11.8 Å². The van der Waals surface area contributed by atoms with Crippen LogP contribution in [-0.2, 0) is 0 Å². The van der Waals surface area contributed by atoms with Crippen LogP contribution in [0.15, 0.2) is 16.2 Å². The van der Waals surface area contributed by atoms with Gasteiger partial charge in [-0.15, -0.1) is 16.5 Å². The maximum atomic E-state index is 6.99. The average molecular weight is 209 g/mol. The van der Waals surface area contributed by atoms with Crippen molar-refractivity contribution < 1.29 is 0 Å². The highest BCUT2D eigenvalue weighted by molar-refractivity contribution is 7.14. The number of rotatable bonds is 2. The molecule has 0 fully saturated rings. The lowest BCUT2D eigenvalue weighted by Crippen LogP contribution is -1.90. The Bertz CT molecular complexity index is 363. The molecule has 1 aromatic rings. The van der Waals surface area contributed by atoms with E-state index >= 15 is 0 Å². The fraction of sp³-hybridized carbons (Fsp3) is 0.500. The molecule has 0 atom stereocenters. The van der Waals surface area contributed by atoms with Crippen LogP contribution in [0.3, 0.4) is 0 Å². The normalized spacial score (nSPS) is 12.2. The minimum absolute atomic E-state index is 0.519. The van der Waals surface area contributed by atoms with Crippen molar-refractivity contribution in [2.45, 2.75) is 26.7 Å². The third-order valence-electron chi connectivity index (χ3n) is 2.02. The quantitative estimate of drug-likeness (QED) is 0.439. The van der Waals surface area contributed by atoms with Crippen molar-refractivity contribution >= 4 is 17.2 Å². The third kappa shape index (κ3) is 2.07. The number of nitrogens with zero attached hydrogens (tertiary/aromatic N) is 2. The van der Waals surface area contributed by atoms with Crippen molar-refractivity contribution in [1.29, 1.82) is 5.53 Å². The van der Waals surface area contributed by atoms with Crippen molar-refractivity contribution in [3.63, 3.8) is 0 Å². The van der Waals surface area contributed by atoms with Crippen molar-refractivity contribution in [2.24, 2.45) is 10.1 Å². The van der Waals surface area contributed by atoms with E-state index in [1.807, 2.05) is 0 Å². The molecule has 0 bridgehead atoms. The lowest BCUT2D eigenvalue weighted by molar-refractivity contribution is 0.881. The SMILES string of the molecule is CN=C(N=N)c1cc(C)c(C(C)C)s1. The lowest BCUT2D eigenvalue weighted by atomic mass is 10.1. The molecule has 0 spiro atoms. The number of hydrogen-bond acceptors (Lipinski definition) is 3. The predicted molar refractivity (Wildman–Crippen MR) is 60.8 cm³/mol. The highest BCUT2D eigenvalue weighted by atomic mass is 32.1. The molecule has 0 saturated heterocycles. The topological polar surface area (TPSA) is 48.6 Å². The molecule has 1 N–H and O–H groups in total. The van der Waals surface area contributed by atoms with E-state index in [0.717, 1.165) is 4.88 Å². The maximum Gasteiger partial charge on any atom is 0.186 e. The molecule has 0 amide bonds. The fourth-order valence-corrected chi connectivity index (χ4v) is 2.55. The van der Waals surface area contributed by atoms with Crippen LogP contribution in [-0.4, -0.2) is 12.9 Å². The number of aryl methyl sites for hydroxylation is 1. The first-order chi connectivity index (χ1) is 6.60. The lowest BCUT2D eigenvalue weighted by Gasteiger charge is -2.00. The van der Waals surface area contributed by atoms with E-state index < -0.39 is 0 Å². The van der Waals surface area contributed by atoms with Crippen molar-refractivity contribution in [2.75, 3.05) is 7.05 Å². The van der Waals surface area contributed by atoms with Crippen LogP contribution in [0, 0.1) is 12.5 Å². The van der Waals surface area contributed by atoms with Crippen molar-refractivity contribution in [1.82, 2.24) is 0 Å². The summed E-state index contributed by atoms with van der Waals surface area (Å²) in [6.45, 7) is 6.43. The van der Waals surface area contributed by atoms with Crippen LogP contribution < -0.4 is 0 Å². The molecule has 0 aliphatic heterocycles. The number of amidine groups is 1. The number of aliphatic imine (C=N–C) groups is 1. The Hall–Kier alpha value is -1.03. The molecule has 0 aliphatic rings. The summed E-state index contributed by atoms with van der Waals surface area (Å²) < 4.78 is 0. The maximum absolute atomic E-state index is 6.99. The summed E-state index contributed by atoms with van der Waals surface area (Å²) in [5.74, 6) is 1.04. The smallest absolute Gasteiger partial charge is 0.186 e. The van der Waals surface area contributed by atoms with Gasteiger partial charge < -0.3 is 0 Å². The minimum atomic E-state index is 0.519. The third-order valence-corrected chi connectivity index (χ3v) is 3.55. The second-order valence-corrected chi connectivity index (χ2v) is 4.56. The first kappa shape index (κ1) is 11.0. The first-order valence-corrected chi connectivity index (χ1v) is 5.36.